The predicted molar refractivity (Wildman–Crippen MR) is 113 cm³/mol. The number of rotatable bonds is 4. The van der Waals surface area contributed by atoms with Crippen molar-refractivity contribution < 1.29 is 13.9 Å². The summed E-state index contributed by atoms with van der Waals surface area (Å²) in [5, 5.41) is 0. The fourth-order valence-electron chi connectivity index (χ4n) is 3.52. The zero-order valence-electron chi connectivity index (χ0n) is 17.0. The summed E-state index contributed by atoms with van der Waals surface area (Å²) >= 11 is 0. The van der Waals surface area contributed by atoms with Crippen molar-refractivity contribution in [2.24, 2.45) is 0 Å². The zero-order valence-corrected chi connectivity index (χ0v) is 17.0. The minimum atomic E-state index is -0.304. The highest BCUT2D eigenvalue weighted by Gasteiger charge is 2.24. The van der Waals surface area contributed by atoms with Gasteiger partial charge in [0.1, 0.15) is 23.7 Å². The first-order valence-corrected chi connectivity index (χ1v) is 9.87. The molecule has 2 aromatic carbocycles. The van der Waals surface area contributed by atoms with Crippen molar-refractivity contribution in [1.29, 1.82) is 0 Å². The van der Waals surface area contributed by atoms with Crippen LogP contribution in [0.2, 0.25) is 0 Å². The van der Waals surface area contributed by atoms with Gasteiger partial charge in [-0.15, -0.1) is 0 Å². The molecule has 0 N–H and O–H groups in total. The lowest BCUT2D eigenvalue weighted by atomic mass is 10.1. The van der Waals surface area contributed by atoms with Gasteiger partial charge in [-0.25, -0.2) is 14.4 Å². The maximum absolute atomic E-state index is 13.3. The molecule has 0 spiro atoms. The molecule has 0 aliphatic carbocycles. The molecule has 7 heteroatoms. The Labute approximate surface area is 174 Å². The molecule has 6 nitrogen and oxygen atoms in total. The van der Waals surface area contributed by atoms with Gasteiger partial charge in [-0.1, -0.05) is 18.2 Å². The van der Waals surface area contributed by atoms with E-state index in [-0.39, 0.29) is 11.7 Å². The minimum Gasteiger partial charge on any atom is -0.439 e. The Balaban J connectivity index is 1.42. The lowest BCUT2D eigenvalue weighted by Gasteiger charge is -2.35. The van der Waals surface area contributed by atoms with Gasteiger partial charge in [0.05, 0.1) is 0 Å². The van der Waals surface area contributed by atoms with Crippen molar-refractivity contribution in [2.45, 2.75) is 13.8 Å². The van der Waals surface area contributed by atoms with Crippen LogP contribution < -0.4 is 9.64 Å². The third-order valence-corrected chi connectivity index (χ3v) is 5.25. The van der Waals surface area contributed by atoms with Crippen molar-refractivity contribution >= 4 is 11.7 Å². The largest absolute Gasteiger partial charge is 0.439 e. The topological polar surface area (TPSA) is 58.6 Å². The Hall–Kier alpha value is -3.48. The summed E-state index contributed by atoms with van der Waals surface area (Å²) in [6, 6.07) is 13.8. The molecule has 1 aliphatic heterocycles. The maximum atomic E-state index is 13.3. The van der Waals surface area contributed by atoms with Gasteiger partial charge in [0.25, 0.3) is 5.91 Å². The summed E-state index contributed by atoms with van der Waals surface area (Å²) in [5.74, 6) is 1.44. The van der Waals surface area contributed by atoms with E-state index in [2.05, 4.69) is 14.9 Å². The highest BCUT2D eigenvalue weighted by atomic mass is 19.1. The van der Waals surface area contributed by atoms with Crippen molar-refractivity contribution in [1.82, 2.24) is 14.9 Å². The van der Waals surface area contributed by atoms with Crippen LogP contribution in [0, 0.1) is 19.7 Å². The van der Waals surface area contributed by atoms with Gasteiger partial charge in [-0.2, -0.15) is 0 Å². The maximum Gasteiger partial charge on any atom is 0.254 e. The molecule has 1 saturated heterocycles. The number of aromatic nitrogens is 2. The van der Waals surface area contributed by atoms with Gasteiger partial charge in [0.15, 0.2) is 0 Å². The zero-order chi connectivity index (χ0) is 21.1. The predicted octanol–water partition coefficient (Wildman–Crippen LogP) is 3.99. The standard InChI is InChI=1S/C23H23FN4O2/c1-16-5-3-4-6-19(16)23(29)28-11-9-27(10-12-28)21-14-22(26-15-25-21)30-20-8-7-18(24)13-17(20)2/h3-8,13-15H,9-12H2,1-2H3. The molecular formula is C23H23FN4O2. The number of aryl methyl sites for hydroxylation is 2. The SMILES string of the molecule is Cc1cc(F)ccc1Oc1cc(N2CCN(C(=O)c3ccccc3C)CC2)ncn1. The van der Waals surface area contributed by atoms with Crippen LogP contribution in [-0.4, -0.2) is 47.0 Å². The summed E-state index contributed by atoms with van der Waals surface area (Å²) in [6.07, 6.45) is 1.45. The second kappa shape index (κ2) is 8.49. The molecule has 4 rings (SSSR count). The van der Waals surface area contributed by atoms with Gasteiger partial charge in [0, 0.05) is 37.8 Å². The van der Waals surface area contributed by atoms with E-state index in [0.29, 0.717) is 43.4 Å². The smallest absolute Gasteiger partial charge is 0.254 e. The molecule has 154 valence electrons. The average molecular weight is 406 g/mol. The highest BCUT2D eigenvalue weighted by molar-refractivity contribution is 5.95. The van der Waals surface area contributed by atoms with E-state index in [9.17, 15) is 9.18 Å². The number of ether oxygens (including phenoxy) is 1. The lowest BCUT2D eigenvalue weighted by molar-refractivity contribution is 0.0745. The van der Waals surface area contributed by atoms with Gasteiger partial charge >= 0.3 is 0 Å². The van der Waals surface area contributed by atoms with Crippen molar-refractivity contribution in [3.63, 3.8) is 0 Å². The van der Waals surface area contributed by atoms with Crippen LogP contribution >= 0.6 is 0 Å². The monoisotopic (exact) mass is 406 g/mol. The molecule has 0 bridgehead atoms. The summed E-state index contributed by atoms with van der Waals surface area (Å²) in [4.78, 5) is 25.3. The third kappa shape index (κ3) is 4.25. The summed E-state index contributed by atoms with van der Waals surface area (Å²) in [5.41, 5.74) is 2.43. The summed E-state index contributed by atoms with van der Waals surface area (Å²) in [6.45, 7) is 6.31. The Morgan fingerprint density at radius 2 is 1.73 bits per heavy atom. The first-order valence-electron chi connectivity index (χ1n) is 9.87. The van der Waals surface area contributed by atoms with E-state index in [1.807, 2.05) is 36.1 Å². The Kier molecular flexibility index (Phi) is 5.61. The molecule has 1 aromatic heterocycles. The van der Waals surface area contributed by atoms with E-state index in [4.69, 9.17) is 4.74 Å². The number of hydrogen-bond donors (Lipinski definition) is 0. The van der Waals surface area contributed by atoms with E-state index >= 15 is 0 Å². The molecule has 30 heavy (non-hydrogen) atoms. The van der Waals surface area contributed by atoms with Crippen LogP contribution in [0.15, 0.2) is 54.9 Å². The molecule has 2 heterocycles. The molecule has 0 atom stereocenters. The first-order chi connectivity index (χ1) is 14.5. The normalized spacial score (nSPS) is 14.0. The molecule has 0 unspecified atom stereocenters. The second-order valence-electron chi connectivity index (χ2n) is 7.32. The van der Waals surface area contributed by atoms with Crippen molar-refractivity contribution in [3.05, 3.63) is 77.4 Å². The quantitative estimate of drug-likeness (QED) is 0.656. The minimum absolute atomic E-state index is 0.0613. The number of nitrogens with zero attached hydrogens (tertiary/aromatic N) is 4. The number of hydrogen-bond acceptors (Lipinski definition) is 5. The van der Waals surface area contributed by atoms with Gasteiger partial charge < -0.3 is 14.5 Å². The number of carbonyl (C=O) groups is 1. The number of benzene rings is 2. The number of anilines is 1. The van der Waals surface area contributed by atoms with Crippen LogP contribution in [0.4, 0.5) is 10.2 Å². The molecule has 3 aromatic rings. The molecule has 1 amide bonds. The molecule has 1 aliphatic rings. The fraction of sp³-hybridized carbons (Fsp3) is 0.261. The van der Waals surface area contributed by atoms with Crippen molar-refractivity contribution in [2.75, 3.05) is 31.1 Å². The lowest BCUT2D eigenvalue weighted by Crippen LogP contribution is -2.49. The Bertz CT molecular complexity index is 1060. The molecule has 0 saturated carbocycles. The van der Waals surface area contributed by atoms with E-state index in [1.165, 1.54) is 18.5 Å². The van der Waals surface area contributed by atoms with Gasteiger partial charge in [-0.3, -0.25) is 4.79 Å². The first kappa shape index (κ1) is 19.8. The van der Waals surface area contributed by atoms with Crippen LogP contribution in [0.25, 0.3) is 0 Å². The van der Waals surface area contributed by atoms with E-state index in [0.717, 1.165) is 16.9 Å². The molecule has 1 fully saturated rings. The third-order valence-electron chi connectivity index (χ3n) is 5.25. The second-order valence-corrected chi connectivity index (χ2v) is 7.32. The number of amides is 1. The summed E-state index contributed by atoms with van der Waals surface area (Å²) < 4.78 is 19.1. The average Bonchev–Trinajstić information content (AvgIpc) is 2.76. The Morgan fingerprint density at radius 1 is 0.967 bits per heavy atom. The Morgan fingerprint density at radius 3 is 2.47 bits per heavy atom. The highest BCUT2D eigenvalue weighted by Crippen LogP contribution is 2.26. The number of halogens is 1. The summed E-state index contributed by atoms with van der Waals surface area (Å²) in [7, 11) is 0. The molecular weight excluding hydrogens is 383 g/mol. The molecule has 0 radical (unpaired) electrons. The van der Waals surface area contributed by atoms with Crippen molar-refractivity contribution in [3.8, 4) is 11.6 Å². The van der Waals surface area contributed by atoms with Crippen LogP contribution in [0.5, 0.6) is 11.6 Å². The van der Waals surface area contributed by atoms with Gasteiger partial charge in [0.2, 0.25) is 5.88 Å². The van der Waals surface area contributed by atoms with E-state index < -0.39 is 0 Å². The number of carbonyl (C=O) groups excluding carboxylic acids is 1. The van der Waals surface area contributed by atoms with Gasteiger partial charge in [-0.05, 0) is 49.2 Å². The fourth-order valence-corrected chi connectivity index (χ4v) is 3.52. The van der Waals surface area contributed by atoms with Crippen LogP contribution in [-0.2, 0) is 0 Å². The number of piperazine rings is 1. The van der Waals surface area contributed by atoms with Crippen LogP contribution in [0.1, 0.15) is 21.5 Å². The van der Waals surface area contributed by atoms with E-state index in [1.54, 1.807) is 19.1 Å². The van der Waals surface area contributed by atoms with Crippen LogP contribution in [0.3, 0.4) is 0 Å².